The Hall–Kier alpha value is -3.99. The maximum absolute atomic E-state index is 14.0. The van der Waals surface area contributed by atoms with Crippen LogP contribution in [0.1, 0.15) is 33.4 Å². The number of rotatable bonds is 11. The molecule has 6 atom stereocenters. The monoisotopic (exact) mass is 615 g/mol. The van der Waals surface area contributed by atoms with Crippen LogP contribution >= 0.6 is 7.75 Å². The van der Waals surface area contributed by atoms with Crippen molar-refractivity contribution >= 4 is 30.9 Å². The van der Waals surface area contributed by atoms with E-state index in [9.17, 15) is 24.5 Å². The summed E-state index contributed by atoms with van der Waals surface area (Å²) in [7, 11) is -3.20. The van der Waals surface area contributed by atoms with Crippen molar-refractivity contribution < 1.29 is 42.5 Å². The molecular formula is C28H34N5O9P. The summed E-state index contributed by atoms with van der Waals surface area (Å²) in [5.41, 5.74) is 2.66. The van der Waals surface area contributed by atoms with Crippen molar-refractivity contribution in [1.82, 2.24) is 14.7 Å². The molecule has 14 nitrogen and oxygen atoms in total. The highest BCUT2D eigenvalue weighted by molar-refractivity contribution is 7.52. The van der Waals surface area contributed by atoms with Crippen LogP contribution < -0.4 is 15.3 Å². The van der Waals surface area contributed by atoms with Crippen molar-refractivity contribution in [1.29, 1.82) is 5.26 Å². The number of methoxy groups -OCH3 is 1. The number of nitrogens with two attached hydrogens (primary N) is 1. The van der Waals surface area contributed by atoms with Crippen LogP contribution in [0.3, 0.4) is 0 Å². The Kier molecular flexibility index (Phi) is 9.15. The predicted octanol–water partition coefficient (Wildman–Crippen LogP) is 2.71. The summed E-state index contributed by atoms with van der Waals surface area (Å²) in [6, 6.07) is 13.7. The van der Waals surface area contributed by atoms with E-state index in [1.165, 1.54) is 49.9 Å². The molecule has 3 aromatic rings. The van der Waals surface area contributed by atoms with Crippen molar-refractivity contribution in [3.63, 3.8) is 0 Å². The predicted molar refractivity (Wildman–Crippen MR) is 152 cm³/mol. The fourth-order valence-electron chi connectivity index (χ4n) is 4.71. The first-order valence-electron chi connectivity index (χ1n) is 13.4. The summed E-state index contributed by atoms with van der Waals surface area (Å²) in [5, 5.41) is 29.3. The van der Waals surface area contributed by atoms with E-state index in [4.69, 9.17) is 29.0 Å². The van der Waals surface area contributed by atoms with Gasteiger partial charge in [-0.05, 0) is 44.2 Å². The molecule has 1 fully saturated rings. The molecular weight excluding hydrogens is 581 g/mol. The minimum atomic E-state index is -4.36. The molecule has 1 aliphatic heterocycles. The van der Waals surface area contributed by atoms with Crippen LogP contribution in [-0.2, 0) is 38.5 Å². The van der Waals surface area contributed by atoms with Crippen molar-refractivity contribution in [3.8, 4) is 11.8 Å². The number of benzene rings is 1. The average molecular weight is 616 g/mol. The molecule has 15 heteroatoms. The van der Waals surface area contributed by atoms with E-state index in [1.807, 2.05) is 6.07 Å². The first-order valence-corrected chi connectivity index (χ1v) is 14.9. The highest BCUT2D eigenvalue weighted by Gasteiger charge is 2.67. The van der Waals surface area contributed by atoms with E-state index >= 15 is 0 Å². The Balaban J connectivity index is 1.74. The van der Waals surface area contributed by atoms with Gasteiger partial charge in [-0.3, -0.25) is 14.1 Å². The molecule has 0 aliphatic carbocycles. The van der Waals surface area contributed by atoms with Crippen LogP contribution in [0.2, 0.25) is 0 Å². The quantitative estimate of drug-likeness (QED) is 0.210. The lowest BCUT2D eigenvalue weighted by Gasteiger charge is -2.34. The van der Waals surface area contributed by atoms with Crippen LogP contribution in [0.15, 0.2) is 54.7 Å². The molecule has 4 N–H and O–H groups in total. The Morgan fingerprint density at radius 3 is 2.53 bits per heavy atom. The van der Waals surface area contributed by atoms with Gasteiger partial charge in [0.15, 0.2) is 6.10 Å². The van der Waals surface area contributed by atoms with E-state index < -0.39 is 61.7 Å². The zero-order chi connectivity index (χ0) is 31.6. The molecule has 0 bridgehead atoms. The minimum Gasteiger partial charge on any atom is -0.468 e. The summed E-state index contributed by atoms with van der Waals surface area (Å²) in [6.07, 6.45) is -1.42. The number of anilines is 1. The van der Waals surface area contributed by atoms with Crippen LogP contribution in [0, 0.1) is 17.2 Å². The van der Waals surface area contributed by atoms with Gasteiger partial charge in [0.05, 0.1) is 36.5 Å². The number of nitrogens with zero attached hydrogens (tertiary/aromatic N) is 3. The summed E-state index contributed by atoms with van der Waals surface area (Å²) in [4.78, 5) is 24.9. The normalized spacial score (nSPS) is 25.5. The van der Waals surface area contributed by atoms with E-state index in [0.29, 0.717) is 11.2 Å². The summed E-state index contributed by atoms with van der Waals surface area (Å²) >= 11 is 0. The molecule has 0 saturated carbocycles. The molecule has 0 radical (unpaired) electrons. The van der Waals surface area contributed by atoms with Gasteiger partial charge in [-0.1, -0.05) is 32.0 Å². The fraction of sp³-hybridized carbons (Fsp3) is 0.429. The average Bonchev–Trinajstić information content (AvgIpc) is 3.50. The summed E-state index contributed by atoms with van der Waals surface area (Å²) in [5.74, 6) is -1.86. The smallest absolute Gasteiger partial charge is 0.459 e. The molecule has 2 aromatic heterocycles. The maximum Gasteiger partial charge on any atom is 0.459 e. The number of hydrogen-bond acceptors (Lipinski definition) is 12. The number of hydrogen-bond donors (Lipinski definition) is 3. The number of nitriles is 1. The van der Waals surface area contributed by atoms with Gasteiger partial charge in [-0.2, -0.15) is 15.4 Å². The Morgan fingerprint density at radius 1 is 1.21 bits per heavy atom. The van der Waals surface area contributed by atoms with Gasteiger partial charge in [-0.25, -0.2) is 9.08 Å². The zero-order valence-electron chi connectivity index (χ0n) is 24.3. The number of carbonyl (C=O) groups is 2. The van der Waals surface area contributed by atoms with Crippen molar-refractivity contribution in [2.75, 3.05) is 19.5 Å². The minimum absolute atomic E-state index is 0.108. The molecule has 0 amide bonds. The number of ether oxygens (including phenoxy) is 3. The fourth-order valence-corrected chi connectivity index (χ4v) is 6.21. The number of carbonyl (C=O) groups excluding carboxylic acids is 2. The number of fused-ring (bicyclic) bond motifs is 1. The van der Waals surface area contributed by atoms with E-state index in [2.05, 4.69) is 10.2 Å². The van der Waals surface area contributed by atoms with Crippen LogP contribution in [0.25, 0.3) is 5.52 Å². The second-order valence-electron chi connectivity index (χ2n) is 10.5. The number of nitrogens with one attached hydrogen (secondary N) is 1. The third kappa shape index (κ3) is 6.08. The van der Waals surface area contributed by atoms with E-state index in [0.717, 1.165) is 0 Å². The Labute approximate surface area is 248 Å². The molecule has 230 valence electrons. The Morgan fingerprint density at radius 2 is 1.91 bits per heavy atom. The van der Waals surface area contributed by atoms with E-state index in [1.54, 1.807) is 44.2 Å². The third-order valence-electron chi connectivity index (χ3n) is 7.04. The number of nitrogen functional groups attached to an aromatic ring is 1. The number of para-hydroxylation sites is 1. The molecule has 43 heavy (non-hydrogen) atoms. The number of esters is 2. The third-order valence-corrected chi connectivity index (χ3v) is 8.68. The first kappa shape index (κ1) is 31.9. The summed E-state index contributed by atoms with van der Waals surface area (Å²) in [6.45, 7) is 5.28. The number of aromatic nitrogens is 2. The highest BCUT2D eigenvalue weighted by atomic mass is 31.2. The highest BCUT2D eigenvalue weighted by Crippen LogP contribution is 2.51. The standard InChI is InChI=1S/C28H34N5O9P/c1-17(2)25(34)40-24-22(15-39-43(37,32-18(3)26(35)38-5)42-19-9-7-6-8-10-19)41-28(16-29,27(24,4)36)23-12-11-21-20(30)13-14-31-33(21)23/h6-14,17-18,22,24,36H,15,30H2,1-5H3,(H,32,37)/t18-,22+,24+,27+,28-,43?/m0/s1. The lowest BCUT2D eigenvalue weighted by molar-refractivity contribution is -0.168. The topological polar surface area (TPSA) is 197 Å². The van der Waals surface area contributed by atoms with Gasteiger partial charge in [0.25, 0.3) is 0 Å². The van der Waals surface area contributed by atoms with E-state index in [-0.39, 0.29) is 11.4 Å². The van der Waals surface area contributed by atoms with Gasteiger partial charge in [0.2, 0.25) is 5.60 Å². The van der Waals surface area contributed by atoms with Gasteiger partial charge in [0.1, 0.15) is 29.6 Å². The maximum atomic E-state index is 14.0. The van der Waals surface area contributed by atoms with Crippen LogP contribution in [-0.4, -0.2) is 64.2 Å². The second-order valence-corrected chi connectivity index (χ2v) is 12.2. The molecule has 1 aliphatic rings. The van der Waals surface area contributed by atoms with Crippen molar-refractivity contribution in [2.45, 2.75) is 57.1 Å². The van der Waals surface area contributed by atoms with Gasteiger partial charge >= 0.3 is 19.7 Å². The van der Waals surface area contributed by atoms with Gasteiger partial charge in [-0.15, -0.1) is 0 Å². The second kappa shape index (κ2) is 12.3. The Bertz CT molecular complexity index is 1570. The lowest BCUT2D eigenvalue weighted by atomic mass is 9.80. The molecule has 0 spiro atoms. The molecule has 1 unspecified atom stereocenters. The molecule has 1 aromatic carbocycles. The van der Waals surface area contributed by atoms with Crippen LogP contribution in [0.4, 0.5) is 5.69 Å². The lowest BCUT2D eigenvalue weighted by Crippen LogP contribution is -2.54. The van der Waals surface area contributed by atoms with Gasteiger partial charge in [0, 0.05) is 6.20 Å². The SMILES string of the molecule is COC(=O)[C@H](C)NP(=O)(OC[C@H]1O[C@@](C#N)(c2ccc3c(N)ccnn23)[C@](C)(O)[C@@H]1OC(=O)C(C)C)Oc1ccccc1. The summed E-state index contributed by atoms with van der Waals surface area (Å²) < 4.78 is 43.3. The van der Waals surface area contributed by atoms with Crippen LogP contribution in [0.5, 0.6) is 5.75 Å². The molecule has 4 rings (SSSR count). The van der Waals surface area contributed by atoms with Crippen molar-refractivity contribution in [2.24, 2.45) is 5.92 Å². The van der Waals surface area contributed by atoms with Crippen molar-refractivity contribution in [3.05, 3.63) is 60.4 Å². The zero-order valence-corrected chi connectivity index (χ0v) is 25.2. The largest absolute Gasteiger partial charge is 0.468 e. The molecule has 3 heterocycles. The van der Waals surface area contributed by atoms with Gasteiger partial charge < -0.3 is 29.6 Å². The number of aliphatic hydroxyl groups is 1. The molecule has 1 saturated heterocycles. The first-order chi connectivity index (χ1) is 20.3.